The molecule has 2 aromatic carbocycles. The highest BCUT2D eigenvalue weighted by molar-refractivity contribution is 7.21. The van der Waals surface area contributed by atoms with Crippen LogP contribution in [0.25, 0.3) is 10.1 Å². The van der Waals surface area contributed by atoms with Gasteiger partial charge in [-0.15, -0.1) is 11.3 Å². The smallest absolute Gasteiger partial charge is 0.263 e. The lowest BCUT2D eigenvalue weighted by molar-refractivity contribution is -0.123. The van der Waals surface area contributed by atoms with Crippen LogP contribution in [-0.4, -0.2) is 42.3 Å². The average Bonchev–Trinajstić information content (AvgIpc) is 3.08. The Hall–Kier alpha value is -2.32. The molecule has 0 spiro atoms. The van der Waals surface area contributed by atoms with E-state index in [1.54, 1.807) is 36.4 Å². The summed E-state index contributed by atoms with van der Waals surface area (Å²) in [5, 5.41) is 7.30. The topological polar surface area (TPSA) is 78.5 Å². The number of piperazine rings is 1. The van der Waals surface area contributed by atoms with Crippen molar-refractivity contribution in [3.8, 4) is 0 Å². The number of rotatable bonds is 4. The fraction of sp³-hybridized carbons (Fsp3) is 0.190. The lowest BCUT2D eigenvalue weighted by atomic mass is 10.1. The van der Waals surface area contributed by atoms with Crippen molar-refractivity contribution < 1.29 is 14.4 Å². The Morgan fingerprint density at radius 2 is 1.87 bits per heavy atom. The van der Waals surface area contributed by atoms with Crippen molar-refractivity contribution in [3.05, 3.63) is 67.5 Å². The van der Waals surface area contributed by atoms with Crippen LogP contribution in [0.5, 0.6) is 0 Å². The van der Waals surface area contributed by atoms with Gasteiger partial charge in [-0.25, -0.2) is 0 Å². The third kappa shape index (κ3) is 4.65. The summed E-state index contributed by atoms with van der Waals surface area (Å²) < 4.78 is 0.738. The summed E-state index contributed by atoms with van der Waals surface area (Å²) in [6.45, 7) is 1.25. The number of nitrogens with one attached hydrogen (secondary N) is 2. The first-order valence-corrected chi connectivity index (χ1v) is 11.3. The van der Waals surface area contributed by atoms with Gasteiger partial charge in [0.15, 0.2) is 0 Å². The summed E-state index contributed by atoms with van der Waals surface area (Å²) in [6, 6.07) is 10.2. The number of hydrogen-bond donors (Lipinski definition) is 2. The van der Waals surface area contributed by atoms with Crippen molar-refractivity contribution in [2.75, 3.05) is 19.6 Å². The van der Waals surface area contributed by atoms with Crippen LogP contribution in [0, 0.1) is 0 Å². The maximum atomic E-state index is 12.7. The van der Waals surface area contributed by atoms with Crippen LogP contribution < -0.4 is 10.6 Å². The average molecular weight is 497 g/mol. The van der Waals surface area contributed by atoms with Crippen molar-refractivity contribution in [2.45, 2.75) is 6.54 Å². The van der Waals surface area contributed by atoms with Gasteiger partial charge < -0.3 is 15.5 Å². The number of benzene rings is 2. The van der Waals surface area contributed by atoms with Gasteiger partial charge in [-0.1, -0.05) is 46.9 Å². The normalized spacial score (nSPS) is 13.9. The fourth-order valence-corrected chi connectivity index (χ4v) is 5.57. The van der Waals surface area contributed by atoms with E-state index >= 15 is 0 Å². The van der Waals surface area contributed by atoms with Crippen LogP contribution in [0.4, 0.5) is 0 Å². The number of carbonyl (C=O) groups excluding carboxylic acids is 3. The predicted molar refractivity (Wildman–Crippen MR) is 123 cm³/mol. The molecule has 1 aliphatic rings. The van der Waals surface area contributed by atoms with E-state index in [2.05, 4.69) is 10.6 Å². The highest BCUT2D eigenvalue weighted by Gasteiger charge is 2.22. The van der Waals surface area contributed by atoms with Crippen molar-refractivity contribution in [2.24, 2.45) is 0 Å². The van der Waals surface area contributed by atoms with Crippen LogP contribution in [-0.2, 0) is 11.3 Å². The van der Waals surface area contributed by atoms with Crippen LogP contribution in [0.15, 0.2) is 36.4 Å². The molecule has 0 radical (unpaired) electrons. The van der Waals surface area contributed by atoms with E-state index in [9.17, 15) is 14.4 Å². The van der Waals surface area contributed by atoms with Crippen molar-refractivity contribution in [1.82, 2.24) is 15.5 Å². The Morgan fingerprint density at radius 3 is 2.58 bits per heavy atom. The third-order valence-electron chi connectivity index (χ3n) is 4.84. The molecular formula is C21H16Cl3N3O3S. The quantitative estimate of drug-likeness (QED) is 0.563. The minimum absolute atomic E-state index is 0.0573. The minimum atomic E-state index is -0.321. The molecule has 10 heteroatoms. The summed E-state index contributed by atoms with van der Waals surface area (Å²) in [7, 11) is 0. The lowest BCUT2D eigenvalue weighted by Gasteiger charge is -2.26. The Balaban J connectivity index is 1.42. The van der Waals surface area contributed by atoms with Gasteiger partial charge in [-0.3, -0.25) is 14.4 Å². The van der Waals surface area contributed by atoms with E-state index < -0.39 is 0 Å². The Kier molecular flexibility index (Phi) is 6.39. The highest BCUT2D eigenvalue weighted by Crippen LogP contribution is 2.41. The predicted octanol–water partition coefficient (Wildman–Crippen LogP) is 4.36. The molecule has 1 saturated heterocycles. The number of halogens is 3. The van der Waals surface area contributed by atoms with E-state index in [4.69, 9.17) is 34.8 Å². The Labute approximate surface area is 197 Å². The largest absolute Gasteiger partial charge is 0.353 e. The van der Waals surface area contributed by atoms with Crippen molar-refractivity contribution >= 4 is 73.9 Å². The SMILES string of the molecule is O=C1CN(C(=O)c2ccc(CNC(=O)c3sc4cc(Cl)cc(Cl)c4c3Cl)cc2)CCN1. The Bertz CT molecular complexity index is 1190. The standard InChI is InChI=1S/C21H16Cl3N3O3S/c22-13-7-14(23)17-15(8-13)31-19(18(17)24)20(29)26-9-11-1-3-12(4-2-11)21(30)27-6-5-25-16(28)10-27/h1-4,7-8H,5-6,9-10H2,(H,25,28)(H,26,29). The molecule has 0 unspecified atom stereocenters. The molecule has 0 saturated carbocycles. The monoisotopic (exact) mass is 495 g/mol. The van der Waals surface area contributed by atoms with Gasteiger partial charge >= 0.3 is 0 Å². The third-order valence-corrected chi connectivity index (χ3v) is 6.98. The van der Waals surface area contributed by atoms with E-state index in [1.807, 2.05) is 0 Å². The molecule has 31 heavy (non-hydrogen) atoms. The van der Waals surface area contributed by atoms with Gasteiger partial charge in [0.05, 0.1) is 16.6 Å². The molecule has 6 nitrogen and oxygen atoms in total. The zero-order chi connectivity index (χ0) is 22.1. The molecule has 2 heterocycles. The van der Waals surface area contributed by atoms with E-state index in [0.717, 1.165) is 10.3 Å². The van der Waals surface area contributed by atoms with Gasteiger partial charge in [0, 0.05) is 40.3 Å². The van der Waals surface area contributed by atoms with Gasteiger partial charge in [0.25, 0.3) is 11.8 Å². The van der Waals surface area contributed by atoms with Gasteiger partial charge in [-0.05, 0) is 29.8 Å². The second-order valence-electron chi connectivity index (χ2n) is 6.96. The van der Waals surface area contributed by atoms with E-state index in [-0.39, 0.29) is 30.8 Å². The number of nitrogens with zero attached hydrogens (tertiary/aromatic N) is 1. The molecule has 2 N–H and O–H groups in total. The zero-order valence-corrected chi connectivity index (χ0v) is 19.1. The molecule has 160 valence electrons. The van der Waals surface area contributed by atoms with Gasteiger partial charge in [0.1, 0.15) is 4.88 Å². The number of amides is 3. The van der Waals surface area contributed by atoms with Crippen LogP contribution >= 0.6 is 46.1 Å². The molecule has 0 aliphatic carbocycles. The number of hydrogen-bond acceptors (Lipinski definition) is 4. The molecule has 1 aliphatic heterocycles. The number of thiophene rings is 1. The molecule has 0 atom stereocenters. The molecule has 1 aromatic heterocycles. The van der Waals surface area contributed by atoms with Crippen LogP contribution in [0.2, 0.25) is 15.1 Å². The number of carbonyl (C=O) groups is 3. The highest BCUT2D eigenvalue weighted by atomic mass is 35.5. The maximum absolute atomic E-state index is 12.7. The molecule has 3 amide bonds. The summed E-state index contributed by atoms with van der Waals surface area (Å²) in [6.07, 6.45) is 0. The summed E-state index contributed by atoms with van der Waals surface area (Å²) in [5.74, 6) is -0.682. The molecule has 0 bridgehead atoms. The first-order valence-electron chi connectivity index (χ1n) is 9.33. The number of fused-ring (bicyclic) bond motifs is 1. The van der Waals surface area contributed by atoms with Gasteiger partial charge in [0.2, 0.25) is 5.91 Å². The summed E-state index contributed by atoms with van der Waals surface area (Å²) >= 11 is 19.9. The minimum Gasteiger partial charge on any atom is -0.353 e. The second-order valence-corrected chi connectivity index (χ2v) is 9.24. The molecular weight excluding hydrogens is 481 g/mol. The molecule has 1 fully saturated rings. The van der Waals surface area contributed by atoms with Crippen LogP contribution in [0.3, 0.4) is 0 Å². The first-order chi connectivity index (χ1) is 14.8. The lowest BCUT2D eigenvalue weighted by Crippen LogP contribution is -2.49. The van der Waals surface area contributed by atoms with Gasteiger partial charge in [-0.2, -0.15) is 0 Å². The zero-order valence-electron chi connectivity index (χ0n) is 16.0. The van der Waals surface area contributed by atoms with Crippen molar-refractivity contribution in [3.63, 3.8) is 0 Å². The fourth-order valence-electron chi connectivity index (χ4n) is 3.28. The van der Waals surface area contributed by atoms with Crippen molar-refractivity contribution in [1.29, 1.82) is 0 Å². The van der Waals surface area contributed by atoms with E-state index in [0.29, 0.717) is 44.0 Å². The Morgan fingerprint density at radius 1 is 1.13 bits per heavy atom. The first kappa shape index (κ1) is 21.9. The molecule has 3 aromatic rings. The summed E-state index contributed by atoms with van der Waals surface area (Å²) in [5.41, 5.74) is 1.31. The maximum Gasteiger partial charge on any atom is 0.263 e. The molecule has 4 rings (SSSR count). The van der Waals surface area contributed by atoms with Crippen LogP contribution in [0.1, 0.15) is 25.6 Å². The summed E-state index contributed by atoms with van der Waals surface area (Å²) in [4.78, 5) is 38.5. The van der Waals surface area contributed by atoms with E-state index in [1.165, 1.54) is 16.2 Å². The second kappa shape index (κ2) is 9.04.